The van der Waals surface area contributed by atoms with Gasteiger partial charge >= 0.3 is 0 Å². The van der Waals surface area contributed by atoms with Crippen molar-refractivity contribution in [1.82, 2.24) is 9.88 Å². The number of ether oxygens (including phenoxy) is 3. The van der Waals surface area contributed by atoms with Crippen LogP contribution in [0, 0.1) is 0 Å². The van der Waals surface area contributed by atoms with Crippen molar-refractivity contribution in [2.24, 2.45) is 0 Å². The number of amides is 1. The van der Waals surface area contributed by atoms with E-state index < -0.39 is 17.7 Å². The molecule has 2 N–H and O–H groups in total. The molecule has 2 unspecified atom stereocenters. The average molecular weight is 463 g/mol. The number of H-pyrrole nitrogens is 1. The largest absolute Gasteiger partial charge is 0.507 e. The van der Waals surface area contributed by atoms with Crippen molar-refractivity contribution < 1.29 is 28.9 Å². The fraction of sp³-hybridized carbons (Fsp3) is 0.308. The zero-order valence-electron chi connectivity index (χ0n) is 19.0. The predicted molar refractivity (Wildman–Crippen MR) is 126 cm³/mol. The third-order valence-electron chi connectivity index (χ3n) is 6.54. The highest BCUT2D eigenvalue weighted by molar-refractivity contribution is 6.46. The van der Waals surface area contributed by atoms with Gasteiger partial charge in [0.15, 0.2) is 0 Å². The Balaban J connectivity index is 1.69. The summed E-state index contributed by atoms with van der Waals surface area (Å²) >= 11 is 0. The number of carbonyl (C=O) groups excluding carboxylic acids is 2. The molecule has 0 aliphatic carbocycles. The first kappa shape index (κ1) is 22.0. The minimum atomic E-state index is -0.771. The number of aliphatic hydroxyl groups excluding tert-OH is 1. The first-order valence-electron chi connectivity index (χ1n) is 11.2. The molecule has 176 valence electrons. The number of aromatic nitrogens is 1. The molecule has 2 saturated heterocycles. The van der Waals surface area contributed by atoms with Gasteiger partial charge in [-0.2, -0.15) is 0 Å². The standard InChI is InChI=1S/C26H26N2O6/c1-32-15-9-10-18(21(12-15)33-2)24(29)22-23(19-13-27-20-8-4-3-7-17(19)20)28(26(31)25(22)30)14-16-6-5-11-34-16/h3-4,7-10,12-13,16,23,27,29H,5-6,11,14H2,1-2H3/b24-22+. The van der Waals surface area contributed by atoms with Gasteiger partial charge in [0.2, 0.25) is 0 Å². The van der Waals surface area contributed by atoms with Crippen molar-refractivity contribution in [2.45, 2.75) is 25.0 Å². The number of aliphatic hydroxyl groups is 1. The molecule has 0 spiro atoms. The van der Waals surface area contributed by atoms with Crippen LogP contribution in [0.1, 0.15) is 30.0 Å². The van der Waals surface area contributed by atoms with Crippen molar-refractivity contribution >= 4 is 28.4 Å². The summed E-state index contributed by atoms with van der Waals surface area (Å²) in [4.78, 5) is 31.3. The first-order chi connectivity index (χ1) is 16.5. The molecule has 5 rings (SSSR count). The topological polar surface area (TPSA) is 101 Å². The Morgan fingerprint density at radius 3 is 2.74 bits per heavy atom. The Labute approximate surface area is 196 Å². The molecule has 34 heavy (non-hydrogen) atoms. The van der Waals surface area contributed by atoms with E-state index >= 15 is 0 Å². The Morgan fingerprint density at radius 2 is 2.00 bits per heavy atom. The summed E-state index contributed by atoms with van der Waals surface area (Å²) in [6.45, 7) is 0.903. The summed E-state index contributed by atoms with van der Waals surface area (Å²) in [6, 6.07) is 11.8. The third kappa shape index (κ3) is 3.60. The van der Waals surface area contributed by atoms with Crippen LogP contribution in [0.4, 0.5) is 0 Å². The van der Waals surface area contributed by atoms with E-state index in [9.17, 15) is 14.7 Å². The van der Waals surface area contributed by atoms with Gasteiger partial charge < -0.3 is 29.2 Å². The fourth-order valence-electron chi connectivity index (χ4n) is 4.86. The van der Waals surface area contributed by atoms with Gasteiger partial charge in [-0.1, -0.05) is 18.2 Å². The minimum absolute atomic E-state index is 0.0243. The number of nitrogens with zero attached hydrogens (tertiary/aromatic N) is 1. The molecular formula is C26H26N2O6. The van der Waals surface area contributed by atoms with Crippen molar-refractivity contribution in [1.29, 1.82) is 0 Å². The second kappa shape index (κ2) is 8.87. The molecule has 2 aliphatic heterocycles. The number of likely N-dealkylation sites (tertiary alicyclic amines) is 1. The number of Topliss-reactive ketones (excluding diaryl/α,β-unsaturated/α-hetero) is 1. The zero-order valence-corrected chi connectivity index (χ0v) is 19.0. The average Bonchev–Trinajstić information content (AvgIpc) is 3.59. The van der Waals surface area contributed by atoms with E-state index in [1.807, 2.05) is 24.3 Å². The highest BCUT2D eigenvalue weighted by Crippen LogP contribution is 2.43. The van der Waals surface area contributed by atoms with Gasteiger partial charge in [0.25, 0.3) is 11.7 Å². The quantitative estimate of drug-likeness (QED) is 0.328. The minimum Gasteiger partial charge on any atom is -0.507 e. The summed E-state index contributed by atoms with van der Waals surface area (Å²) < 4.78 is 16.5. The van der Waals surface area contributed by atoms with E-state index in [1.54, 1.807) is 24.4 Å². The third-order valence-corrected chi connectivity index (χ3v) is 6.54. The molecule has 2 aliphatic rings. The lowest BCUT2D eigenvalue weighted by Crippen LogP contribution is -2.36. The lowest BCUT2D eigenvalue weighted by molar-refractivity contribution is -0.140. The molecule has 2 aromatic carbocycles. The van der Waals surface area contributed by atoms with Crippen LogP contribution in [0.25, 0.3) is 16.7 Å². The van der Waals surface area contributed by atoms with Crippen LogP contribution in [-0.4, -0.2) is 60.2 Å². The van der Waals surface area contributed by atoms with Gasteiger partial charge in [0, 0.05) is 41.9 Å². The van der Waals surface area contributed by atoms with Crippen LogP contribution in [0.2, 0.25) is 0 Å². The lowest BCUT2D eigenvalue weighted by Gasteiger charge is -2.27. The van der Waals surface area contributed by atoms with Crippen LogP contribution >= 0.6 is 0 Å². The maximum absolute atomic E-state index is 13.3. The number of hydrogen-bond donors (Lipinski definition) is 2. The van der Waals surface area contributed by atoms with E-state index in [4.69, 9.17) is 14.2 Å². The van der Waals surface area contributed by atoms with Gasteiger partial charge in [-0.3, -0.25) is 9.59 Å². The summed E-state index contributed by atoms with van der Waals surface area (Å²) in [5.74, 6) is -0.799. The number of carbonyl (C=O) groups is 2. The number of ketones is 1. The van der Waals surface area contributed by atoms with Gasteiger partial charge in [0.05, 0.1) is 37.5 Å². The molecule has 2 fully saturated rings. The molecule has 1 amide bonds. The van der Waals surface area contributed by atoms with Crippen LogP contribution in [0.5, 0.6) is 11.5 Å². The SMILES string of the molecule is COc1ccc(/C(O)=C2\C(=O)C(=O)N(CC3CCCO3)C2c2c[nH]c3ccccc23)c(OC)c1. The van der Waals surface area contributed by atoms with E-state index in [1.165, 1.54) is 19.1 Å². The zero-order chi connectivity index (χ0) is 23.8. The van der Waals surface area contributed by atoms with E-state index in [2.05, 4.69) is 4.98 Å². The van der Waals surface area contributed by atoms with Crippen LogP contribution < -0.4 is 9.47 Å². The van der Waals surface area contributed by atoms with Crippen molar-refractivity contribution in [3.05, 3.63) is 65.4 Å². The maximum Gasteiger partial charge on any atom is 0.295 e. The highest BCUT2D eigenvalue weighted by Gasteiger charge is 2.48. The molecule has 1 aromatic heterocycles. The van der Waals surface area contributed by atoms with Gasteiger partial charge in [0.1, 0.15) is 17.3 Å². The van der Waals surface area contributed by atoms with Crippen molar-refractivity contribution in [3.63, 3.8) is 0 Å². The Bertz CT molecular complexity index is 1290. The van der Waals surface area contributed by atoms with Crippen molar-refractivity contribution in [3.8, 4) is 11.5 Å². The molecule has 0 saturated carbocycles. The van der Waals surface area contributed by atoms with E-state index in [0.717, 1.165) is 29.3 Å². The number of rotatable bonds is 6. The second-order valence-corrected chi connectivity index (χ2v) is 8.44. The van der Waals surface area contributed by atoms with Gasteiger partial charge in [-0.25, -0.2) is 0 Å². The summed E-state index contributed by atoms with van der Waals surface area (Å²) in [5.41, 5.74) is 1.95. The number of para-hydroxylation sites is 1. The lowest BCUT2D eigenvalue weighted by atomic mass is 9.94. The number of nitrogens with one attached hydrogen (secondary N) is 1. The molecule has 0 radical (unpaired) electrons. The number of benzene rings is 2. The maximum atomic E-state index is 13.3. The van der Waals surface area contributed by atoms with Gasteiger partial charge in [-0.15, -0.1) is 0 Å². The van der Waals surface area contributed by atoms with Crippen molar-refractivity contribution in [2.75, 3.05) is 27.4 Å². The van der Waals surface area contributed by atoms with Crippen LogP contribution in [0.3, 0.4) is 0 Å². The monoisotopic (exact) mass is 462 g/mol. The fourth-order valence-corrected chi connectivity index (χ4v) is 4.86. The molecule has 8 nitrogen and oxygen atoms in total. The number of hydrogen-bond acceptors (Lipinski definition) is 6. The number of aromatic amines is 1. The van der Waals surface area contributed by atoms with E-state index in [-0.39, 0.29) is 24.0 Å². The summed E-state index contributed by atoms with van der Waals surface area (Å²) in [6.07, 6.45) is 3.37. The summed E-state index contributed by atoms with van der Waals surface area (Å²) in [5, 5.41) is 12.3. The molecule has 8 heteroatoms. The molecular weight excluding hydrogens is 436 g/mol. The highest BCUT2D eigenvalue weighted by atomic mass is 16.5. The van der Waals surface area contributed by atoms with Gasteiger partial charge in [-0.05, 0) is 31.0 Å². The van der Waals surface area contributed by atoms with Crippen LogP contribution in [0.15, 0.2) is 54.2 Å². The first-order valence-corrected chi connectivity index (χ1v) is 11.2. The molecule has 3 heterocycles. The van der Waals surface area contributed by atoms with Crippen LogP contribution in [-0.2, 0) is 14.3 Å². The Morgan fingerprint density at radius 1 is 1.18 bits per heavy atom. The molecule has 0 bridgehead atoms. The second-order valence-electron chi connectivity index (χ2n) is 8.44. The number of methoxy groups -OCH3 is 2. The van der Waals surface area contributed by atoms with E-state index in [0.29, 0.717) is 23.7 Å². The molecule has 2 atom stereocenters. The Hall–Kier alpha value is -3.78. The normalized spacial score (nSPS) is 22.0. The molecule has 3 aromatic rings. The number of fused-ring (bicyclic) bond motifs is 1. The predicted octanol–water partition coefficient (Wildman–Crippen LogP) is 3.79. The smallest absolute Gasteiger partial charge is 0.295 e. The Kier molecular flexibility index (Phi) is 5.75. The summed E-state index contributed by atoms with van der Waals surface area (Å²) in [7, 11) is 3.00.